The van der Waals surface area contributed by atoms with Crippen LogP contribution in [0.15, 0.2) is 0 Å². The van der Waals surface area contributed by atoms with Gasteiger partial charge in [-0.15, -0.1) is 0 Å². The van der Waals surface area contributed by atoms with Gasteiger partial charge in [0.15, 0.2) is 0 Å². The van der Waals surface area contributed by atoms with Crippen molar-refractivity contribution in [3.8, 4) is 0 Å². The molecule has 1 unspecified atom stereocenters. The number of carbonyl (C=O) groups excluding carboxylic acids is 1. The molecule has 2 aliphatic heterocycles. The highest BCUT2D eigenvalue weighted by Gasteiger charge is 2.35. The van der Waals surface area contributed by atoms with Crippen molar-refractivity contribution in [1.29, 1.82) is 0 Å². The Kier molecular flexibility index (Phi) is 3.18. The molecule has 0 aromatic carbocycles. The third-order valence-electron chi connectivity index (χ3n) is 3.09. The Morgan fingerprint density at radius 1 is 1.25 bits per heavy atom. The molecular weight excluding hydrogens is 232 g/mol. The molecule has 7 heteroatoms. The maximum absolute atomic E-state index is 11.4. The van der Waals surface area contributed by atoms with Crippen LogP contribution in [0.25, 0.3) is 0 Å². The van der Waals surface area contributed by atoms with Crippen LogP contribution >= 0.6 is 0 Å². The molecule has 2 aliphatic rings. The smallest absolute Gasteiger partial charge is 0.323 e. The normalized spacial score (nSPS) is 29.3. The van der Waals surface area contributed by atoms with Gasteiger partial charge < -0.3 is 4.74 Å². The summed E-state index contributed by atoms with van der Waals surface area (Å²) in [5.74, 6) is -0.173. The minimum Gasteiger partial charge on any atom is -0.464 e. The highest BCUT2D eigenvalue weighted by molar-refractivity contribution is 7.88. The Morgan fingerprint density at radius 2 is 1.88 bits per heavy atom. The van der Waals surface area contributed by atoms with Gasteiger partial charge in [0, 0.05) is 32.6 Å². The zero-order valence-electron chi connectivity index (χ0n) is 9.26. The quantitative estimate of drug-likeness (QED) is 0.579. The minimum absolute atomic E-state index is 0.165. The second kappa shape index (κ2) is 4.31. The molecule has 92 valence electrons. The topological polar surface area (TPSA) is 66.9 Å². The third-order valence-corrected chi connectivity index (χ3v) is 4.39. The Balaban J connectivity index is 1.92. The lowest BCUT2D eigenvalue weighted by Crippen LogP contribution is -2.52. The first kappa shape index (κ1) is 11.8. The fraction of sp³-hybridized carbons (Fsp3) is 0.889. The van der Waals surface area contributed by atoms with E-state index >= 15 is 0 Å². The van der Waals surface area contributed by atoms with Crippen LogP contribution in [-0.2, 0) is 19.6 Å². The summed E-state index contributed by atoms with van der Waals surface area (Å²) in [7, 11) is -3.10. The first-order chi connectivity index (χ1) is 7.48. The van der Waals surface area contributed by atoms with E-state index in [9.17, 15) is 13.2 Å². The molecule has 0 spiro atoms. The lowest BCUT2D eigenvalue weighted by molar-refractivity contribution is -0.142. The SMILES string of the molecule is CS(=O)(=O)N1CCN(C2CCOC2=O)CC1. The molecule has 2 heterocycles. The van der Waals surface area contributed by atoms with Gasteiger partial charge in [0.2, 0.25) is 10.0 Å². The highest BCUT2D eigenvalue weighted by Crippen LogP contribution is 2.16. The first-order valence-corrected chi connectivity index (χ1v) is 7.19. The van der Waals surface area contributed by atoms with E-state index in [1.165, 1.54) is 10.6 Å². The van der Waals surface area contributed by atoms with Crippen molar-refractivity contribution in [2.75, 3.05) is 39.0 Å². The Labute approximate surface area is 95.2 Å². The standard InChI is InChI=1S/C9H16N2O4S/c1-16(13,14)11-5-3-10(4-6-11)8-2-7-15-9(8)12/h8H,2-7H2,1H3. The number of esters is 1. The van der Waals surface area contributed by atoms with Crippen molar-refractivity contribution in [3.63, 3.8) is 0 Å². The van der Waals surface area contributed by atoms with Gasteiger partial charge in [0.05, 0.1) is 12.9 Å². The Morgan fingerprint density at radius 3 is 2.31 bits per heavy atom. The highest BCUT2D eigenvalue weighted by atomic mass is 32.2. The molecule has 2 fully saturated rings. The minimum atomic E-state index is -3.10. The van der Waals surface area contributed by atoms with Gasteiger partial charge >= 0.3 is 5.97 Å². The first-order valence-electron chi connectivity index (χ1n) is 5.34. The fourth-order valence-corrected chi connectivity index (χ4v) is 2.99. The second-order valence-corrected chi connectivity index (χ2v) is 6.15. The van der Waals surface area contributed by atoms with Gasteiger partial charge in [-0.3, -0.25) is 9.69 Å². The van der Waals surface area contributed by atoms with Gasteiger partial charge in [-0.05, 0) is 0 Å². The molecule has 0 N–H and O–H groups in total. The van der Waals surface area contributed by atoms with Gasteiger partial charge in [0.25, 0.3) is 0 Å². The predicted molar refractivity (Wildman–Crippen MR) is 57.4 cm³/mol. The zero-order chi connectivity index (χ0) is 11.8. The monoisotopic (exact) mass is 248 g/mol. The second-order valence-electron chi connectivity index (χ2n) is 4.17. The van der Waals surface area contributed by atoms with Gasteiger partial charge in [-0.2, -0.15) is 4.31 Å². The van der Waals surface area contributed by atoms with Crippen molar-refractivity contribution >= 4 is 16.0 Å². The van der Waals surface area contributed by atoms with Crippen molar-refractivity contribution in [1.82, 2.24) is 9.21 Å². The molecule has 0 saturated carbocycles. The molecule has 2 rings (SSSR count). The van der Waals surface area contributed by atoms with Crippen molar-refractivity contribution in [2.45, 2.75) is 12.5 Å². The van der Waals surface area contributed by atoms with E-state index in [1.807, 2.05) is 4.90 Å². The average Bonchev–Trinajstić information content (AvgIpc) is 2.63. The van der Waals surface area contributed by atoms with Crippen LogP contribution in [-0.4, -0.2) is 68.7 Å². The zero-order valence-corrected chi connectivity index (χ0v) is 10.1. The summed E-state index contributed by atoms with van der Waals surface area (Å²) in [6, 6.07) is -0.165. The van der Waals surface area contributed by atoms with E-state index in [0.717, 1.165) is 6.42 Å². The van der Waals surface area contributed by atoms with Crippen LogP contribution in [0.3, 0.4) is 0 Å². The maximum Gasteiger partial charge on any atom is 0.323 e. The number of cyclic esters (lactones) is 1. The number of hydrogen-bond donors (Lipinski definition) is 0. The van der Waals surface area contributed by atoms with Crippen LogP contribution < -0.4 is 0 Å². The molecule has 0 aliphatic carbocycles. The summed E-state index contributed by atoms with van der Waals surface area (Å²) in [4.78, 5) is 13.4. The maximum atomic E-state index is 11.4. The van der Waals surface area contributed by atoms with E-state index in [2.05, 4.69) is 0 Å². The van der Waals surface area contributed by atoms with Crippen LogP contribution in [0.2, 0.25) is 0 Å². The lowest BCUT2D eigenvalue weighted by atomic mass is 10.2. The van der Waals surface area contributed by atoms with Crippen LogP contribution in [0.1, 0.15) is 6.42 Å². The fourth-order valence-electron chi connectivity index (χ4n) is 2.16. The summed E-state index contributed by atoms with van der Waals surface area (Å²) in [6.07, 6.45) is 1.93. The van der Waals surface area contributed by atoms with E-state index in [1.54, 1.807) is 0 Å². The summed E-state index contributed by atoms with van der Waals surface area (Å²) >= 11 is 0. The van der Waals surface area contributed by atoms with Crippen LogP contribution in [0.5, 0.6) is 0 Å². The summed E-state index contributed by atoms with van der Waals surface area (Å²) in [6.45, 7) is 2.61. The number of ether oxygens (including phenoxy) is 1. The number of hydrogen-bond acceptors (Lipinski definition) is 5. The summed E-state index contributed by atoms with van der Waals surface area (Å²) in [5.41, 5.74) is 0. The lowest BCUT2D eigenvalue weighted by Gasteiger charge is -2.35. The Bertz CT molecular complexity index is 373. The number of sulfonamides is 1. The van der Waals surface area contributed by atoms with Gasteiger partial charge in [-0.1, -0.05) is 0 Å². The molecule has 0 aromatic heterocycles. The number of rotatable bonds is 2. The van der Waals surface area contributed by atoms with Crippen molar-refractivity contribution < 1.29 is 17.9 Å². The number of nitrogens with zero attached hydrogens (tertiary/aromatic N) is 2. The van der Waals surface area contributed by atoms with Crippen molar-refractivity contribution in [3.05, 3.63) is 0 Å². The summed E-state index contributed by atoms with van der Waals surface area (Å²) in [5, 5.41) is 0. The average molecular weight is 248 g/mol. The van der Waals surface area contributed by atoms with Gasteiger partial charge in [0.1, 0.15) is 6.04 Å². The number of carbonyl (C=O) groups is 1. The molecule has 1 atom stereocenters. The summed E-state index contributed by atoms with van der Waals surface area (Å²) < 4.78 is 28.9. The van der Waals surface area contributed by atoms with E-state index in [0.29, 0.717) is 32.8 Å². The van der Waals surface area contributed by atoms with Crippen molar-refractivity contribution in [2.24, 2.45) is 0 Å². The van der Waals surface area contributed by atoms with Crippen LogP contribution in [0, 0.1) is 0 Å². The number of piperazine rings is 1. The Hall–Kier alpha value is -0.660. The molecule has 16 heavy (non-hydrogen) atoms. The van der Waals surface area contributed by atoms with Gasteiger partial charge in [-0.25, -0.2) is 8.42 Å². The predicted octanol–water partition coefficient (Wildman–Crippen LogP) is -1.12. The van der Waals surface area contributed by atoms with E-state index in [-0.39, 0.29) is 12.0 Å². The molecule has 0 bridgehead atoms. The van der Waals surface area contributed by atoms with Crippen LogP contribution in [0.4, 0.5) is 0 Å². The molecule has 0 radical (unpaired) electrons. The molecular formula is C9H16N2O4S. The largest absolute Gasteiger partial charge is 0.464 e. The van der Waals surface area contributed by atoms with E-state index < -0.39 is 10.0 Å². The van der Waals surface area contributed by atoms with E-state index in [4.69, 9.17) is 4.74 Å². The molecule has 0 amide bonds. The molecule has 2 saturated heterocycles. The third kappa shape index (κ3) is 2.36. The molecule has 0 aromatic rings. The molecule has 6 nitrogen and oxygen atoms in total.